The average molecular weight is 533 g/mol. The molecule has 0 aliphatic carbocycles. The van der Waals surface area contributed by atoms with Crippen molar-refractivity contribution < 1.29 is 23.5 Å². The number of amides is 3. The molecule has 0 spiro atoms. The van der Waals surface area contributed by atoms with Crippen molar-refractivity contribution >= 4 is 50.8 Å². The summed E-state index contributed by atoms with van der Waals surface area (Å²) in [5.74, 6) is -0.565. The largest absolute Gasteiger partial charge is 0.488 e. The van der Waals surface area contributed by atoms with Crippen LogP contribution in [0.2, 0.25) is 0 Å². The SMILES string of the molecule is O=C(CN1C(=O)S/C(=C\c2cc(Br)ccc2OCc2cccc(F)c2)C1=O)N1CCCCC1. The quantitative estimate of drug-likeness (QED) is 0.477. The number of nitrogens with zero attached hydrogens (tertiary/aromatic N) is 2. The lowest BCUT2D eigenvalue weighted by Gasteiger charge is -2.27. The molecule has 0 atom stereocenters. The Kier molecular flexibility index (Phi) is 7.49. The van der Waals surface area contributed by atoms with E-state index in [1.165, 1.54) is 12.1 Å². The molecule has 2 aliphatic rings. The van der Waals surface area contributed by atoms with E-state index in [1.807, 2.05) is 0 Å². The van der Waals surface area contributed by atoms with Gasteiger partial charge in [-0.2, -0.15) is 0 Å². The number of benzene rings is 2. The lowest BCUT2D eigenvalue weighted by Crippen LogP contribution is -2.44. The maximum absolute atomic E-state index is 13.4. The molecular weight excluding hydrogens is 511 g/mol. The van der Waals surface area contributed by atoms with Gasteiger partial charge in [-0.05, 0) is 73.0 Å². The highest BCUT2D eigenvalue weighted by atomic mass is 79.9. The van der Waals surface area contributed by atoms with E-state index in [-0.39, 0.29) is 29.8 Å². The van der Waals surface area contributed by atoms with Gasteiger partial charge in [0.2, 0.25) is 5.91 Å². The number of likely N-dealkylation sites (tertiary alicyclic amines) is 1. The van der Waals surface area contributed by atoms with Crippen molar-refractivity contribution in [3.8, 4) is 5.75 Å². The van der Waals surface area contributed by atoms with E-state index < -0.39 is 11.1 Å². The summed E-state index contributed by atoms with van der Waals surface area (Å²) in [6.45, 7) is 1.22. The molecule has 4 rings (SSSR count). The smallest absolute Gasteiger partial charge is 0.294 e. The summed E-state index contributed by atoms with van der Waals surface area (Å²) in [5.41, 5.74) is 1.26. The van der Waals surface area contributed by atoms with Crippen LogP contribution in [0, 0.1) is 5.82 Å². The monoisotopic (exact) mass is 532 g/mol. The standard InChI is InChI=1S/C24H22BrFN2O4S/c25-18-7-8-20(32-15-16-5-4-6-19(26)11-16)17(12-18)13-21-23(30)28(24(31)33-21)14-22(29)27-9-2-1-3-10-27/h4-8,11-13H,1-3,9-10,14-15H2/b21-13-. The third-order valence-electron chi connectivity index (χ3n) is 5.42. The molecule has 0 saturated carbocycles. The molecule has 2 aromatic rings. The van der Waals surface area contributed by atoms with Gasteiger partial charge in [0.1, 0.15) is 24.7 Å². The van der Waals surface area contributed by atoms with Crippen LogP contribution in [-0.4, -0.2) is 46.5 Å². The highest BCUT2D eigenvalue weighted by molar-refractivity contribution is 9.10. The third kappa shape index (κ3) is 5.83. The average Bonchev–Trinajstić information content (AvgIpc) is 3.06. The predicted octanol–water partition coefficient (Wildman–Crippen LogP) is 5.22. The zero-order chi connectivity index (χ0) is 23.4. The summed E-state index contributed by atoms with van der Waals surface area (Å²) in [6.07, 6.45) is 4.55. The molecule has 2 saturated heterocycles. The number of piperidine rings is 1. The first kappa shape index (κ1) is 23.5. The summed E-state index contributed by atoms with van der Waals surface area (Å²) in [6, 6.07) is 11.4. The van der Waals surface area contributed by atoms with Crippen LogP contribution in [0.15, 0.2) is 51.8 Å². The second kappa shape index (κ2) is 10.5. The number of carbonyl (C=O) groups is 3. The molecule has 6 nitrogen and oxygen atoms in total. The van der Waals surface area contributed by atoms with Gasteiger partial charge in [-0.3, -0.25) is 19.3 Å². The minimum atomic E-state index is -0.494. The van der Waals surface area contributed by atoms with Gasteiger partial charge in [-0.1, -0.05) is 28.1 Å². The first-order valence-corrected chi connectivity index (χ1v) is 12.2. The van der Waals surface area contributed by atoms with Gasteiger partial charge < -0.3 is 9.64 Å². The van der Waals surface area contributed by atoms with Crippen LogP contribution in [0.1, 0.15) is 30.4 Å². The van der Waals surface area contributed by atoms with Gasteiger partial charge in [-0.15, -0.1) is 0 Å². The highest BCUT2D eigenvalue weighted by Gasteiger charge is 2.37. The van der Waals surface area contributed by atoms with Crippen LogP contribution in [-0.2, 0) is 16.2 Å². The first-order chi connectivity index (χ1) is 15.9. The van der Waals surface area contributed by atoms with Crippen molar-refractivity contribution in [2.24, 2.45) is 0 Å². The number of carbonyl (C=O) groups excluding carboxylic acids is 3. The van der Waals surface area contributed by atoms with Crippen LogP contribution in [0.4, 0.5) is 9.18 Å². The summed E-state index contributed by atoms with van der Waals surface area (Å²) in [4.78, 5) is 40.9. The molecule has 2 fully saturated rings. The van der Waals surface area contributed by atoms with Gasteiger partial charge >= 0.3 is 0 Å². The molecule has 172 valence electrons. The molecule has 0 radical (unpaired) electrons. The van der Waals surface area contributed by atoms with Gasteiger partial charge in [0.15, 0.2) is 0 Å². The van der Waals surface area contributed by atoms with Gasteiger partial charge in [-0.25, -0.2) is 4.39 Å². The molecule has 2 aliphatic heterocycles. The molecular formula is C24H22BrFN2O4S. The first-order valence-electron chi connectivity index (χ1n) is 10.6. The maximum atomic E-state index is 13.4. The predicted molar refractivity (Wildman–Crippen MR) is 128 cm³/mol. The normalized spacial score (nSPS) is 17.7. The molecule has 2 aromatic carbocycles. The van der Waals surface area contributed by atoms with Crippen molar-refractivity contribution in [2.75, 3.05) is 19.6 Å². The maximum Gasteiger partial charge on any atom is 0.294 e. The van der Waals surface area contributed by atoms with Crippen molar-refractivity contribution in [3.63, 3.8) is 0 Å². The fraction of sp³-hybridized carbons (Fsp3) is 0.292. The lowest BCUT2D eigenvalue weighted by molar-refractivity contribution is -0.136. The number of rotatable bonds is 6. The van der Waals surface area contributed by atoms with Gasteiger partial charge in [0.05, 0.1) is 4.91 Å². The van der Waals surface area contributed by atoms with E-state index in [1.54, 1.807) is 41.3 Å². The van der Waals surface area contributed by atoms with E-state index in [4.69, 9.17) is 4.74 Å². The van der Waals surface area contributed by atoms with E-state index in [9.17, 15) is 18.8 Å². The Bertz CT molecular complexity index is 1120. The topological polar surface area (TPSA) is 66.9 Å². The third-order valence-corrected chi connectivity index (χ3v) is 6.82. The summed E-state index contributed by atoms with van der Waals surface area (Å²) in [5, 5.41) is -0.464. The molecule has 0 aromatic heterocycles. The lowest BCUT2D eigenvalue weighted by atomic mass is 10.1. The fourth-order valence-electron chi connectivity index (χ4n) is 3.71. The summed E-state index contributed by atoms with van der Waals surface area (Å²) >= 11 is 4.22. The molecule has 9 heteroatoms. The zero-order valence-corrected chi connectivity index (χ0v) is 20.2. The van der Waals surface area contributed by atoms with Crippen molar-refractivity contribution in [1.29, 1.82) is 0 Å². The van der Waals surface area contributed by atoms with Crippen molar-refractivity contribution in [1.82, 2.24) is 9.80 Å². The number of hydrogen-bond donors (Lipinski definition) is 0. The number of ether oxygens (including phenoxy) is 1. The van der Waals surface area contributed by atoms with Crippen LogP contribution in [0.25, 0.3) is 6.08 Å². The van der Waals surface area contributed by atoms with E-state index in [2.05, 4.69) is 15.9 Å². The Morgan fingerprint density at radius 2 is 1.91 bits per heavy atom. The fourth-order valence-corrected chi connectivity index (χ4v) is 4.92. The Morgan fingerprint density at radius 3 is 2.67 bits per heavy atom. The van der Waals surface area contributed by atoms with Crippen molar-refractivity contribution in [3.05, 3.63) is 68.8 Å². The van der Waals surface area contributed by atoms with Crippen LogP contribution < -0.4 is 4.74 Å². The van der Waals surface area contributed by atoms with E-state index in [0.717, 1.165) is 40.4 Å². The Labute approximate surface area is 203 Å². The molecule has 0 bridgehead atoms. The summed E-state index contributed by atoms with van der Waals surface area (Å²) < 4.78 is 20.1. The van der Waals surface area contributed by atoms with E-state index >= 15 is 0 Å². The molecule has 3 amide bonds. The second-order valence-corrected chi connectivity index (χ2v) is 9.72. The van der Waals surface area contributed by atoms with Crippen molar-refractivity contribution in [2.45, 2.75) is 25.9 Å². The molecule has 0 unspecified atom stereocenters. The summed E-state index contributed by atoms with van der Waals surface area (Å²) in [7, 11) is 0. The Hall–Kier alpha value is -2.65. The van der Waals surface area contributed by atoms with E-state index in [0.29, 0.717) is 30.0 Å². The molecule has 33 heavy (non-hydrogen) atoms. The molecule has 0 N–H and O–H groups in total. The number of thioether (sulfide) groups is 1. The number of halogens is 2. The minimum absolute atomic E-state index is 0.145. The van der Waals surface area contributed by atoms with Gasteiger partial charge in [0, 0.05) is 23.1 Å². The number of imide groups is 1. The van der Waals surface area contributed by atoms with Crippen LogP contribution in [0.3, 0.4) is 0 Å². The Morgan fingerprint density at radius 1 is 1.12 bits per heavy atom. The minimum Gasteiger partial charge on any atom is -0.488 e. The zero-order valence-electron chi connectivity index (χ0n) is 17.8. The van der Waals surface area contributed by atoms with Gasteiger partial charge in [0.25, 0.3) is 11.1 Å². The molecule has 2 heterocycles. The van der Waals surface area contributed by atoms with Crippen LogP contribution in [0.5, 0.6) is 5.75 Å². The second-order valence-electron chi connectivity index (χ2n) is 7.81. The number of hydrogen-bond acceptors (Lipinski definition) is 5. The van der Waals surface area contributed by atoms with Crippen LogP contribution >= 0.6 is 27.7 Å². The Balaban J connectivity index is 1.49. The highest BCUT2D eigenvalue weighted by Crippen LogP contribution is 2.35.